The van der Waals surface area contributed by atoms with Crippen LogP contribution in [0.2, 0.25) is 0 Å². The first kappa shape index (κ1) is 9.78. The van der Waals surface area contributed by atoms with Crippen molar-refractivity contribution < 1.29 is 4.79 Å². The zero-order valence-electron chi connectivity index (χ0n) is 9.05. The topological polar surface area (TPSA) is 42.0 Å². The molecule has 1 aromatic rings. The summed E-state index contributed by atoms with van der Waals surface area (Å²) in [5.74, 6) is 0.448. The lowest BCUT2D eigenvalue weighted by Gasteiger charge is -2.04. The lowest BCUT2D eigenvalue weighted by Crippen LogP contribution is -2.14. The van der Waals surface area contributed by atoms with E-state index in [0.717, 1.165) is 11.1 Å². The van der Waals surface area contributed by atoms with Gasteiger partial charge in [0, 0.05) is 11.8 Å². The predicted octanol–water partition coefficient (Wildman–Crippen LogP) is 2.38. The number of nitrogens with zero attached hydrogens (tertiary/aromatic N) is 1. The smallest absolute Gasteiger partial charge is 0.257 e. The van der Waals surface area contributed by atoms with E-state index in [9.17, 15) is 4.79 Å². The molecule has 3 heteroatoms. The van der Waals surface area contributed by atoms with Gasteiger partial charge in [0.1, 0.15) is 5.82 Å². The molecule has 1 amide bonds. The molecule has 0 fully saturated rings. The summed E-state index contributed by atoms with van der Waals surface area (Å²) in [7, 11) is 0. The van der Waals surface area contributed by atoms with Crippen molar-refractivity contribution in [3.05, 3.63) is 71.5 Å². The molecule has 0 saturated heterocycles. The largest absolute Gasteiger partial charge is 0.307 e. The Morgan fingerprint density at radius 2 is 2.12 bits per heavy atom. The number of hydrogen-bond donors (Lipinski definition) is 1. The van der Waals surface area contributed by atoms with Crippen LogP contribution in [0.1, 0.15) is 0 Å². The van der Waals surface area contributed by atoms with Gasteiger partial charge < -0.3 is 5.32 Å². The van der Waals surface area contributed by atoms with Gasteiger partial charge >= 0.3 is 0 Å². The van der Waals surface area contributed by atoms with E-state index >= 15 is 0 Å². The number of allylic oxidation sites excluding steroid dienone is 6. The Bertz CT molecular complexity index is 592. The van der Waals surface area contributed by atoms with Crippen LogP contribution in [-0.4, -0.2) is 10.9 Å². The number of carbonyl (C=O) groups excluding carboxylic acids is 1. The number of aromatic nitrogens is 1. The number of amides is 1. The van der Waals surface area contributed by atoms with Crippen LogP contribution >= 0.6 is 0 Å². The monoisotopic (exact) mass is 222 g/mol. The average molecular weight is 222 g/mol. The maximum absolute atomic E-state index is 12.0. The Morgan fingerprint density at radius 1 is 1.18 bits per heavy atom. The number of hydrogen-bond acceptors (Lipinski definition) is 2. The number of fused-ring (bicyclic) bond motifs is 1. The molecule has 0 atom stereocenters. The highest BCUT2D eigenvalue weighted by molar-refractivity contribution is 6.08. The van der Waals surface area contributed by atoms with Gasteiger partial charge in [-0.2, -0.15) is 0 Å². The lowest BCUT2D eigenvalue weighted by atomic mass is 10.1. The summed E-state index contributed by atoms with van der Waals surface area (Å²) in [6.45, 7) is 0. The summed E-state index contributed by atoms with van der Waals surface area (Å²) in [5, 5.41) is 2.78. The third kappa shape index (κ3) is 1.72. The van der Waals surface area contributed by atoms with E-state index in [1.807, 2.05) is 42.5 Å². The second-order valence-electron chi connectivity index (χ2n) is 3.81. The minimum atomic E-state index is -0.120. The second-order valence-corrected chi connectivity index (χ2v) is 3.81. The van der Waals surface area contributed by atoms with E-state index in [4.69, 9.17) is 0 Å². The molecule has 2 aliphatic carbocycles. The molecule has 0 saturated carbocycles. The van der Waals surface area contributed by atoms with Crippen LogP contribution in [-0.2, 0) is 4.79 Å². The van der Waals surface area contributed by atoms with Gasteiger partial charge in [-0.15, -0.1) is 0 Å². The van der Waals surface area contributed by atoms with Gasteiger partial charge in [0.25, 0.3) is 5.91 Å². The normalized spacial score (nSPS) is 16.1. The average Bonchev–Trinajstić information content (AvgIpc) is 2.91. The van der Waals surface area contributed by atoms with Gasteiger partial charge in [0.2, 0.25) is 0 Å². The standard InChI is InChI=1S/C14H10N2O/c17-14(16-13-6-1-2-9-15-13)12-8-7-10-4-3-5-11(10)12/h1-9H,(H,15,16,17). The van der Waals surface area contributed by atoms with E-state index in [-0.39, 0.29) is 5.91 Å². The third-order valence-electron chi connectivity index (χ3n) is 2.72. The second kappa shape index (κ2) is 3.87. The summed E-state index contributed by atoms with van der Waals surface area (Å²) in [6, 6.07) is 5.42. The Labute approximate surface area is 98.9 Å². The Hall–Kier alpha value is -2.42. The number of nitrogens with one attached hydrogen (secondary N) is 1. The van der Waals surface area contributed by atoms with Gasteiger partial charge in [-0.3, -0.25) is 4.79 Å². The molecule has 0 unspecified atom stereocenters. The number of carbonyl (C=O) groups is 1. The van der Waals surface area contributed by atoms with Crippen LogP contribution in [0, 0.1) is 0 Å². The van der Waals surface area contributed by atoms with E-state index in [1.165, 1.54) is 0 Å². The van der Waals surface area contributed by atoms with Crippen molar-refractivity contribution in [2.45, 2.75) is 0 Å². The van der Waals surface area contributed by atoms with Crippen LogP contribution < -0.4 is 5.32 Å². The Balaban J connectivity index is 1.85. The maximum Gasteiger partial charge on any atom is 0.257 e. The van der Waals surface area contributed by atoms with E-state index in [1.54, 1.807) is 12.3 Å². The van der Waals surface area contributed by atoms with Gasteiger partial charge in [0.05, 0.1) is 0 Å². The Morgan fingerprint density at radius 3 is 2.94 bits per heavy atom. The zero-order valence-corrected chi connectivity index (χ0v) is 9.05. The van der Waals surface area contributed by atoms with Gasteiger partial charge in [0.15, 0.2) is 0 Å². The summed E-state index contributed by atoms with van der Waals surface area (Å²) in [6.07, 6.45) is 11.3. The number of rotatable bonds is 2. The van der Waals surface area contributed by atoms with E-state index in [0.29, 0.717) is 11.4 Å². The van der Waals surface area contributed by atoms with Gasteiger partial charge in [-0.25, -0.2) is 4.98 Å². The highest BCUT2D eigenvalue weighted by Crippen LogP contribution is 2.30. The maximum atomic E-state index is 12.0. The molecule has 17 heavy (non-hydrogen) atoms. The highest BCUT2D eigenvalue weighted by atomic mass is 16.1. The molecule has 1 N–H and O–H groups in total. The summed E-state index contributed by atoms with van der Waals surface area (Å²) < 4.78 is 0. The fraction of sp³-hybridized carbons (Fsp3) is 0. The van der Waals surface area contributed by atoms with Gasteiger partial charge in [-0.05, 0) is 29.4 Å². The first-order chi connectivity index (χ1) is 8.34. The Kier molecular flexibility index (Phi) is 2.22. The fourth-order valence-corrected chi connectivity index (χ4v) is 1.91. The third-order valence-corrected chi connectivity index (χ3v) is 2.72. The molecule has 0 aromatic carbocycles. The van der Waals surface area contributed by atoms with Crippen molar-refractivity contribution in [1.29, 1.82) is 0 Å². The molecule has 0 bridgehead atoms. The number of anilines is 1. The van der Waals surface area contributed by atoms with E-state index < -0.39 is 0 Å². The molecular formula is C14H10N2O. The molecule has 0 aliphatic heterocycles. The van der Waals surface area contributed by atoms with Crippen LogP contribution in [0.3, 0.4) is 0 Å². The van der Waals surface area contributed by atoms with Crippen LogP contribution in [0.5, 0.6) is 0 Å². The first-order valence-corrected chi connectivity index (χ1v) is 5.38. The quantitative estimate of drug-likeness (QED) is 0.834. The molecule has 3 nitrogen and oxygen atoms in total. The van der Waals surface area contributed by atoms with Crippen molar-refractivity contribution >= 4 is 11.7 Å². The van der Waals surface area contributed by atoms with Crippen molar-refractivity contribution in [3.63, 3.8) is 0 Å². The van der Waals surface area contributed by atoms with Crippen LogP contribution in [0.25, 0.3) is 0 Å². The fourth-order valence-electron chi connectivity index (χ4n) is 1.91. The minimum absolute atomic E-state index is 0.120. The lowest BCUT2D eigenvalue weighted by molar-refractivity contribution is -0.112. The van der Waals surface area contributed by atoms with Crippen molar-refractivity contribution in [3.8, 4) is 0 Å². The molecule has 1 heterocycles. The molecule has 0 spiro atoms. The van der Waals surface area contributed by atoms with Crippen molar-refractivity contribution in [1.82, 2.24) is 4.98 Å². The van der Waals surface area contributed by atoms with Crippen LogP contribution in [0.4, 0.5) is 5.82 Å². The highest BCUT2D eigenvalue weighted by Gasteiger charge is 2.20. The van der Waals surface area contributed by atoms with Crippen molar-refractivity contribution in [2.75, 3.05) is 5.32 Å². The van der Waals surface area contributed by atoms with Crippen molar-refractivity contribution in [2.24, 2.45) is 0 Å². The molecule has 1 aromatic heterocycles. The number of pyridine rings is 1. The summed E-state index contributed by atoms with van der Waals surface area (Å²) in [4.78, 5) is 16.1. The molecule has 82 valence electrons. The molecular weight excluding hydrogens is 212 g/mol. The van der Waals surface area contributed by atoms with Gasteiger partial charge in [-0.1, -0.05) is 30.4 Å². The van der Waals surface area contributed by atoms with E-state index in [2.05, 4.69) is 10.3 Å². The molecule has 2 aliphatic rings. The SMILES string of the molecule is O=C(Nc1ccccn1)C1=C2C=CC=C2C=C1. The zero-order chi connectivity index (χ0) is 11.7. The molecule has 0 radical (unpaired) electrons. The first-order valence-electron chi connectivity index (χ1n) is 5.38. The summed E-state index contributed by atoms with van der Waals surface area (Å²) in [5.41, 5.74) is 2.77. The minimum Gasteiger partial charge on any atom is -0.307 e. The summed E-state index contributed by atoms with van der Waals surface area (Å²) >= 11 is 0. The van der Waals surface area contributed by atoms with Crippen LogP contribution in [0.15, 0.2) is 71.5 Å². The molecule has 3 rings (SSSR count). The predicted molar refractivity (Wildman–Crippen MR) is 66.3 cm³/mol.